The lowest BCUT2D eigenvalue weighted by Crippen LogP contribution is -2.13. The van der Waals surface area contributed by atoms with Crippen molar-refractivity contribution < 1.29 is 4.79 Å². The van der Waals surface area contributed by atoms with Gasteiger partial charge in [0.15, 0.2) is 0 Å². The van der Waals surface area contributed by atoms with Gasteiger partial charge >= 0.3 is 0 Å². The normalized spacial score (nSPS) is 10.3. The van der Waals surface area contributed by atoms with E-state index < -0.39 is 0 Å². The number of nitrogens with zero attached hydrogens (tertiary/aromatic N) is 1. The van der Waals surface area contributed by atoms with Crippen LogP contribution in [0.5, 0.6) is 0 Å². The summed E-state index contributed by atoms with van der Waals surface area (Å²) < 4.78 is 0. The van der Waals surface area contributed by atoms with E-state index in [-0.39, 0.29) is 5.91 Å². The fourth-order valence-corrected chi connectivity index (χ4v) is 3.07. The minimum atomic E-state index is -0.190. The third-order valence-corrected chi connectivity index (χ3v) is 4.24. The number of amides is 1. The number of nitrogens with one attached hydrogen (secondary N) is 1. The van der Waals surface area contributed by atoms with Crippen LogP contribution in [0, 0.1) is 11.3 Å². The van der Waals surface area contributed by atoms with Crippen molar-refractivity contribution in [2.24, 2.45) is 0 Å². The topological polar surface area (TPSA) is 52.9 Å². The third kappa shape index (κ3) is 4.03. The molecule has 1 N–H and O–H groups in total. The zero-order valence-electron chi connectivity index (χ0n) is 12.3. The van der Waals surface area contributed by atoms with Crippen LogP contribution >= 0.6 is 23.4 Å². The molecule has 0 aliphatic heterocycles. The average molecular weight is 331 g/mol. The molecule has 0 bridgehead atoms. The molecule has 1 amide bonds. The van der Waals surface area contributed by atoms with Crippen LogP contribution in [0.15, 0.2) is 47.4 Å². The Morgan fingerprint density at radius 2 is 2.00 bits per heavy atom. The molecule has 0 saturated carbocycles. The highest BCUT2D eigenvalue weighted by atomic mass is 35.5. The predicted octanol–water partition coefficient (Wildman–Crippen LogP) is 4.96. The van der Waals surface area contributed by atoms with Crippen molar-refractivity contribution in [2.45, 2.75) is 24.0 Å². The Balaban J connectivity index is 2.23. The summed E-state index contributed by atoms with van der Waals surface area (Å²) in [5, 5.41) is 12.4. The van der Waals surface area contributed by atoms with E-state index in [2.05, 4.69) is 19.2 Å². The first kappa shape index (κ1) is 16.4. The lowest BCUT2D eigenvalue weighted by molar-refractivity contribution is 0.102. The van der Waals surface area contributed by atoms with E-state index in [0.717, 1.165) is 4.90 Å². The molecule has 3 nitrogen and oxygen atoms in total. The number of anilines is 1. The number of halogens is 1. The van der Waals surface area contributed by atoms with Crippen molar-refractivity contribution in [3.8, 4) is 6.07 Å². The number of thioether (sulfide) groups is 1. The first-order chi connectivity index (χ1) is 10.5. The van der Waals surface area contributed by atoms with Crippen LogP contribution in [0.1, 0.15) is 29.8 Å². The van der Waals surface area contributed by atoms with Gasteiger partial charge in [-0.2, -0.15) is 5.26 Å². The van der Waals surface area contributed by atoms with Gasteiger partial charge in [0, 0.05) is 15.8 Å². The van der Waals surface area contributed by atoms with Gasteiger partial charge in [0.05, 0.1) is 16.1 Å². The zero-order valence-corrected chi connectivity index (χ0v) is 13.8. The van der Waals surface area contributed by atoms with Crippen molar-refractivity contribution in [3.05, 3.63) is 58.6 Å². The Bertz CT molecular complexity index is 738. The number of hydrogen-bond donors (Lipinski definition) is 1. The molecular weight excluding hydrogens is 316 g/mol. The predicted molar refractivity (Wildman–Crippen MR) is 91.6 cm³/mol. The maximum Gasteiger partial charge on any atom is 0.256 e. The molecule has 0 saturated heterocycles. The molecule has 0 fully saturated rings. The van der Waals surface area contributed by atoms with Gasteiger partial charge in [0.2, 0.25) is 0 Å². The summed E-state index contributed by atoms with van der Waals surface area (Å²) >= 11 is 7.62. The second-order valence-electron chi connectivity index (χ2n) is 4.92. The number of rotatable bonds is 4. The number of carbonyl (C=O) groups excluding carboxylic acids is 1. The zero-order chi connectivity index (χ0) is 16.1. The minimum absolute atomic E-state index is 0.190. The SMILES string of the molecule is CC(C)Sc1ccccc1C(=O)Nc1ccc(C#N)c(Cl)c1. The van der Waals surface area contributed by atoms with E-state index >= 15 is 0 Å². The summed E-state index contributed by atoms with van der Waals surface area (Å²) in [6.07, 6.45) is 0. The van der Waals surface area contributed by atoms with Crippen LogP contribution in [0.3, 0.4) is 0 Å². The van der Waals surface area contributed by atoms with Gasteiger partial charge in [0.25, 0.3) is 5.91 Å². The smallest absolute Gasteiger partial charge is 0.256 e. The fourth-order valence-electron chi connectivity index (χ4n) is 1.89. The van der Waals surface area contributed by atoms with Crippen LogP contribution in [0.4, 0.5) is 5.69 Å². The van der Waals surface area contributed by atoms with E-state index in [1.165, 1.54) is 0 Å². The number of carbonyl (C=O) groups is 1. The molecule has 2 rings (SSSR count). The molecular formula is C17H15ClN2OS. The highest BCUT2D eigenvalue weighted by Gasteiger charge is 2.13. The summed E-state index contributed by atoms with van der Waals surface area (Å²) in [5.74, 6) is -0.190. The molecule has 112 valence electrons. The highest BCUT2D eigenvalue weighted by Crippen LogP contribution is 2.27. The van der Waals surface area contributed by atoms with Crippen LogP contribution in [-0.2, 0) is 0 Å². The molecule has 0 spiro atoms. The maximum atomic E-state index is 12.4. The van der Waals surface area contributed by atoms with Gasteiger partial charge in [-0.1, -0.05) is 37.6 Å². The Morgan fingerprint density at radius 1 is 1.27 bits per heavy atom. The van der Waals surface area contributed by atoms with Gasteiger partial charge in [-0.05, 0) is 30.3 Å². The Kier molecular flexibility index (Phi) is 5.48. The van der Waals surface area contributed by atoms with E-state index in [0.29, 0.717) is 27.1 Å². The standard InChI is InChI=1S/C17H15ClN2OS/c1-11(2)22-16-6-4-3-5-14(16)17(21)20-13-8-7-12(10-19)15(18)9-13/h3-9,11H,1-2H3,(H,20,21). The fraction of sp³-hybridized carbons (Fsp3) is 0.176. The summed E-state index contributed by atoms with van der Waals surface area (Å²) in [4.78, 5) is 13.4. The van der Waals surface area contributed by atoms with Gasteiger partial charge in [-0.3, -0.25) is 4.79 Å². The van der Waals surface area contributed by atoms with E-state index in [4.69, 9.17) is 16.9 Å². The summed E-state index contributed by atoms with van der Waals surface area (Å²) in [5.41, 5.74) is 1.58. The molecule has 0 heterocycles. The van der Waals surface area contributed by atoms with Crippen molar-refractivity contribution in [2.75, 3.05) is 5.32 Å². The van der Waals surface area contributed by atoms with Crippen molar-refractivity contribution >= 4 is 35.0 Å². The van der Waals surface area contributed by atoms with Gasteiger partial charge in [0.1, 0.15) is 6.07 Å². The first-order valence-corrected chi connectivity index (χ1v) is 8.03. The van der Waals surface area contributed by atoms with E-state index in [1.54, 1.807) is 36.0 Å². The summed E-state index contributed by atoms with van der Waals surface area (Å²) in [7, 11) is 0. The third-order valence-electron chi connectivity index (χ3n) is 2.84. The molecule has 0 aliphatic carbocycles. The largest absolute Gasteiger partial charge is 0.322 e. The van der Waals surface area contributed by atoms with Crippen molar-refractivity contribution in [1.82, 2.24) is 0 Å². The number of hydrogen-bond acceptors (Lipinski definition) is 3. The van der Waals surface area contributed by atoms with Crippen LogP contribution in [-0.4, -0.2) is 11.2 Å². The molecule has 0 aliphatic rings. The quantitative estimate of drug-likeness (QED) is 0.806. The van der Waals surface area contributed by atoms with E-state index in [9.17, 15) is 4.79 Å². The van der Waals surface area contributed by atoms with Crippen molar-refractivity contribution in [1.29, 1.82) is 5.26 Å². The van der Waals surface area contributed by atoms with Crippen LogP contribution in [0.25, 0.3) is 0 Å². The van der Waals surface area contributed by atoms with Crippen LogP contribution in [0.2, 0.25) is 5.02 Å². The monoisotopic (exact) mass is 330 g/mol. The van der Waals surface area contributed by atoms with Crippen molar-refractivity contribution in [3.63, 3.8) is 0 Å². The molecule has 0 unspecified atom stereocenters. The first-order valence-electron chi connectivity index (χ1n) is 6.78. The lowest BCUT2D eigenvalue weighted by atomic mass is 10.2. The molecule has 22 heavy (non-hydrogen) atoms. The van der Waals surface area contributed by atoms with E-state index in [1.807, 2.05) is 24.3 Å². The molecule has 2 aromatic carbocycles. The number of benzene rings is 2. The second kappa shape index (κ2) is 7.35. The number of nitriles is 1. The minimum Gasteiger partial charge on any atom is -0.322 e. The van der Waals surface area contributed by atoms with Gasteiger partial charge in [-0.15, -0.1) is 11.8 Å². The van der Waals surface area contributed by atoms with Gasteiger partial charge in [-0.25, -0.2) is 0 Å². The maximum absolute atomic E-state index is 12.4. The molecule has 0 radical (unpaired) electrons. The van der Waals surface area contributed by atoms with Crippen LogP contribution < -0.4 is 5.32 Å². The molecule has 5 heteroatoms. The Labute approximate surface area is 139 Å². The summed E-state index contributed by atoms with van der Waals surface area (Å²) in [6.45, 7) is 4.17. The highest BCUT2D eigenvalue weighted by molar-refractivity contribution is 8.00. The Hall–Kier alpha value is -1.96. The average Bonchev–Trinajstić information content (AvgIpc) is 2.47. The molecule has 2 aromatic rings. The molecule has 0 aromatic heterocycles. The van der Waals surface area contributed by atoms with Gasteiger partial charge < -0.3 is 5.32 Å². The Morgan fingerprint density at radius 3 is 2.64 bits per heavy atom. The second-order valence-corrected chi connectivity index (χ2v) is 6.95. The molecule has 0 atom stereocenters. The lowest BCUT2D eigenvalue weighted by Gasteiger charge is -2.11. The summed E-state index contributed by atoms with van der Waals surface area (Å²) in [6, 6.07) is 14.3.